The molecule has 0 unspecified atom stereocenters. The Kier molecular flexibility index (Phi) is 4.92. The van der Waals surface area contributed by atoms with Gasteiger partial charge in [0.2, 0.25) is 0 Å². The van der Waals surface area contributed by atoms with E-state index in [4.69, 9.17) is 5.11 Å². The Morgan fingerprint density at radius 1 is 1.38 bits per heavy atom. The van der Waals surface area contributed by atoms with E-state index in [9.17, 15) is 9.59 Å². The lowest BCUT2D eigenvalue weighted by Crippen LogP contribution is -2.05. The van der Waals surface area contributed by atoms with Gasteiger partial charge in [0.15, 0.2) is 5.78 Å². The lowest BCUT2D eigenvalue weighted by atomic mass is 10.0. The lowest BCUT2D eigenvalue weighted by molar-refractivity contribution is -0.136. The van der Waals surface area contributed by atoms with Crippen LogP contribution in [0.1, 0.15) is 35.7 Å². The Morgan fingerprint density at radius 3 is 2.62 bits per heavy atom. The van der Waals surface area contributed by atoms with E-state index in [0.717, 1.165) is 9.99 Å². The van der Waals surface area contributed by atoms with Crippen molar-refractivity contribution in [1.29, 1.82) is 0 Å². The molecule has 0 atom stereocenters. The Bertz CT molecular complexity index is 413. The molecular formula is C12H13IO3. The third-order valence-corrected chi connectivity index (χ3v) is 3.24. The number of carboxylic acid groups (broad SMARTS) is 1. The second kappa shape index (κ2) is 5.98. The van der Waals surface area contributed by atoms with Crippen LogP contribution in [0.3, 0.4) is 0 Å². The number of Topliss-reactive ketones (excluding diaryl/α,β-unsaturated/α-hetero) is 1. The molecule has 0 aromatic heterocycles. The zero-order valence-corrected chi connectivity index (χ0v) is 11.2. The molecule has 0 aliphatic heterocycles. The minimum absolute atomic E-state index is 0.0362. The van der Waals surface area contributed by atoms with Gasteiger partial charge in [0.05, 0.1) is 6.42 Å². The number of rotatable bonds is 5. The molecule has 86 valence electrons. The van der Waals surface area contributed by atoms with E-state index in [1.807, 2.05) is 6.92 Å². The number of benzene rings is 1. The number of carbonyl (C=O) groups excluding carboxylic acids is 1. The molecule has 0 bridgehead atoms. The summed E-state index contributed by atoms with van der Waals surface area (Å²) in [6.45, 7) is 1.95. The molecule has 16 heavy (non-hydrogen) atoms. The van der Waals surface area contributed by atoms with Gasteiger partial charge in [-0.05, 0) is 46.7 Å². The summed E-state index contributed by atoms with van der Waals surface area (Å²) >= 11 is 2.08. The first-order valence-electron chi connectivity index (χ1n) is 5.08. The van der Waals surface area contributed by atoms with Crippen LogP contribution in [0.15, 0.2) is 18.2 Å². The van der Waals surface area contributed by atoms with Crippen LogP contribution in [0.5, 0.6) is 0 Å². The van der Waals surface area contributed by atoms with E-state index in [1.54, 1.807) is 18.2 Å². The van der Waals surface area contributed by atoms with Crippen molar-refractivity contribution < 1.29 is 14.7 Å². The maximum absolute atomic E-state index is 11.6. The van der Waals surface area contributed by atoms with Crippen LogP contribution in [-0.2, 0) is 11.2 Å². The highest BCUT2D eigenvalue weighted by Gasteiger charge is 2.10. The number of carbonyl (C=O) groups is 2. The highest BCUT2D eigenvalue weighted by Crippen LogP contribution is 2.16. The van der Waals surface area contributed by atoms with E-state index >= 15 is 0 Å². The Hall–Kier alpha value is -0.910. The molecule has 0 spiro atoms. The monoisotopic (exact) mass is 332 g/mol. The van der Waals surface area contributed by atoms with E-state index < -0.39 is 5.97 Å². The smallest absolute Gasteiger partial charge is 0.307 e. The van der Waals surface area contributed by atoms with Crippen LogP contribution in [0.2, 0.25) is 0 Å². The fraction of sp³-hybridized carbons (Fsp3) is 0.333. The Morgan fingerprint density at radius 2 is 2.06 bits per heavy atom. The van der Waals surface area contributed by atoms with Crippen LogP contribution in [0.25, 0.3) is 0 Å². The number of halogens is 1. The van der Waals surface area contributed by atoms with Gasteiger partial charge < -0.3 is 5.11 Å². The zero-order valence-electron chi connectivity index (χ0n) is 9.00. The number of hydrogen-bond acceptors (Lipinski definition) is 2. The minimum Gasteiger partial charge on any atom is -0.481 e. The lowest BCUT2D eigenvalue weighted by Gasteiger charge is -2.05. The van der Waals surface area contributed by atoms with E-state index in [2.05, 4.69) is 22.6 Å². The van der Waals surface area contributed by atoms with Crippen LogP contribution < -0.4 is 0 Å². The molecule has 0 amide bonds. The summed E-state index contributed by atoms with van der Waals surface area (Å²) in [5.41, 5.74) is 1.31. The number of hydrogen-bond donors (Lipinski definition) is 1. The highest BCUT2D eigenvalue weighted by molar-refractivity contribution is 14.1. The molecule has 1 N–H and O–H groups in total. The van der Waals surface area contributed by atoms with E-state index in [-0.39, 0.29) is 12.2 Å². The summed E-state index contributed by atoms with van der Waals surface area (Å²) < 4.78 is 0.882. The predicted octanol–water partition coefficient (Wildman–Crippen LogP) is 2.90. The van der Waals surface area contributed by atoms with Gasteiger partial charge >= 0.3 is 5.97 Å². The van der Waals surface area contributed by atoms with Gasteiger partial charge in [-0.25, -0.2) is 0 Å². The maximum atomic E-state index is 11.6. The number of ketones is 1. The maximum Gasteiger partial charge on any atom is 0.307 e. The van der Waals surface area contributed by atoms with Gasteiger partial charge in [-0.3, -0.25) is 9.59 Å². The molecular weight excluding hydrogens is 319 g/mol. The summed E-state index contributed by atoms with van der Waals surface area (Å²) in [5, 5.41) is 8.74. The summed E-state index contributed by atoms with van der Waals surface area (Å²) in [5.74, 6) is -0.802. The van der Waals surface area contributed by atoms with Gasteiger partial charge in [0.25, 0.3) is 0 Å². The van der Waals surface area contributed by atoms with Crippen molar-refractivity contribution in [2.75, 3.05) is 0 Å². The molecule has 4 heteroatoms. The molecule has 0 fully saturated rings. The third-order valence-electron chi connectivity index (χ3n) is 2.19. The molecule has 0 radical (unpaired) electrons. The van der Waals surface area contributed by atoms with Gasteiger partial charge in [-0.15, -0.1) is 0 Å². The van der Waals surface area contributed by atoms with Crippen molar-refractivity contribution in [2.45, 2.75) is 26.2 Å². The molecule has 0 heterocycles. The molecule has 0 saturated carbocycles. The average molecular weight is 332 g/mol. The van der Waals surface area contributed by atoms with Crippen molar-refractivity contribution in [3.05, 3.63) is 32.9 Å². The van der Waals surface area contributed by atoms with Gasteiger partial charge in [0.1, 0.15) is 0 Å². The zero-order chi connectivity index (χ0) is 12.1. The van der Waals surface area contributed by atoms with Crippen LogP contribution in [-0.4, -0.2) is 16.9 Å². The topological polar surface area (TPSA) is 54.4 Å². The van der Waals surface area contributed by atoms with Gasteiger partial charge in [-0.2, -0.15) is 0 Å². The molecule has 1 aromatic rings. The van der Waals surface area contributed by atoms with Crippen molar-refractivity contribution in [1.82, 2.24) is 0 Å². The molecule has 3 nitrogen and oxygen atoms in total. The second-order valence-corrected chi connectivity index (χ2v) is 4.71. The van der Waals surface area contributed by atoms with Crippen LogP contribution >= 0.6 is 22.6 Å². The van der Waals surface area contributed by atoms with Crippen molar-refractivity contribution in [3.8, 4) is 0 Å². The summed E-state index contributed by atoms with van der Waals surface area (Å²) in [6.07, 6.45) is 1.28. The first kappa shape index (κ1) is 13.2. The largest absolute Gasteiger partial charge is 0.481 e. The summed E-state index contributed by atoms with van der Waals surface area (Å²) in [4.78, 5) is 22.3. The standard InChI is InChI=1S/C12H13IO3/c1-2-3-11(14)8-4-5-10(13)9(6-8)7-12(15)16/h4-6H,2-3,7H2,1H3,(H,15,16). The number of aliphatic carboxylic acids is 1. The summed E-state index contributed by atoms with van der Waals surface area (Å²) in [6, 6.07) is 5.24. The van der Waals surface area contributed by atoms with E-state index in [0.29, 0.717) is 17.5 Å². The molecule has 1 aromatic carbocycles. The number of carboxylic acids is 1. The Labute approximate surface area is 108 Å². The minimum atomic E-state index is -0.877. The van der Waals surface area contributed by atoms with Crippen LogP contribution in [0, 0.1) is 3.57 Å². The second-order valence-electron chi connectivity index (χ2n) is 3.55. The average Bonchev–Trinajstić information content (AvgIpc) is 2.21. The predicted molar refractivity (Wildman–Crippen MR) is 69.7 cm³/mol. The first-order valence-corrected chi connectivity index (χ1v) is 6.16. The molecule has 0 saturated heterocycles. The van der Waals surface area contributed by atoms with Gasteiger partial charge in [-0.1, -0.05) is 13.0 Å². The SMILES string of the molecule is CCCC(=O)c1ccc(I)c(CC(=O)O)c1. The van der Waals surface area contributed by atoms with Crippen molar-refractivity contribution in [3.63, 3.8) is 0 Å². The normalized spacial score (nSPS) is 10.1. The quantitative estimate of drug-likeness (QED) is 0.666. The first-order chi connectivity index (χ1) is 7.54. The van der Waals surface area contributed by atoms with Crippen molar-refractivity contribution >= 4 is 34.3 Å². The molecule has 0 aliphatic carbocycles. The third kappa shape index (κ3) is 3.59. The summed E-state index contributed by atoms with van der Waals surface area (Å²) in [7, 11) is 0. The fourth-order valence-electron chi connectivity index (χ4n) is 1.42. The van der Waals surface area contributed by atoms with E-state index in [1.165, 1.54) is 0 Å². The van der Waals surface area contributed by atoms with Gasteiger partial charge in [0, 0.05) is 15.6 Å². The van der Waals surface area contributed by atoms with Crippen molar-refractivity contribution in [2.24, 2.45) is 0 Å². The fourth-order valence-corrected chi connectivity index (χ4v) is 1.94. The molecule has 0 aliphatic rings. The van der Waals surface area contributed by atoms with Crippen LogP contribution in [0.4, 0.5) is 0 Å². The molecule has 1 rings (SSSR count). The highest BCUT2D eigenvalue weighted by atomic mass is 127. The Balaban J connectivity index is 2.97.